The van der Waals surface area contributed by atoms with E-state index in [1.807, 2.05) is 12.3 Å². The van der Waals surface area contributed by atoms with Gasteiger partial charge < -0.3 is 5.73 Å². The summed E-state index contributed by atoms with van der Waals surface area (Å²) in [6, 6.07) is 6.16. The molecule has 1 fully saturated rings. The Balaban J connectivity index is 2.07. The highest BCUT2D eigenvalue weighted by Crippen LogP contribution is 2.41. The van der Waals surface area contributed by atoms with E-state index < -0.39 is 0 Å². The van der Waals surface area contributed by atoms with Crippen LogP contribution in [0.4, 0.5) is 0 Å². The van der Waals surface area contributed by atoms with E-state index in [1.165, 1.54) is 31.4 Å². The number of hydrogen-bond acceptors (Lipinski definition) is 3. The number of pyridine rings is 1. The molecule has 0 saturated heterocycles. The van der Waals surface area contributed by atoms with E-state index in [4.69, 9.17) is 5.73 Å². The first kappa shape index (κ1) is 16.4. The molecule has 118 valence electrons. The van der Waals surface area contributed by atoms with Crippen LogP contribution in [-0.2, 0) is 6.42 Å². The van der Waals surface area contributed by atoms with Crippen LogP contribution in [-0.4, -0.2) is 35.6 Å². The highest BCUT2D eigenvalue weighted by Gasteiger charge is 2.43. The van der Waals surface area contributed by atoms with E-state index in [1.54, 1.807) is 0 Å². The van der Waals surface area contributed by atoms with Gasteiger partial charge in [0.2, 0.25) is 0 Å². The third-order valence-electron chi connectivity index (χ3n) is 5.41. The van der Waals surface area contributed by atoms with Crippen LogP contribution in [0.3, 0.4) is 0 Å². The molecule has 0 spiro atoms. The summed E-state index contributed by atoms with van der Waals surface area (Å²) in [5.74, 6) is 1.41. The topological polar surface area (TPSA) is 42.1 Å². The van der Waals surface area contributed by atoms with Crippen molar-refractivity contribution in [1.29, 1.82) is 0 Å². The van der Waals surface area contributed by atoms with Crippen LogP contribution in [0, 0.1) is 11.8 Å². The quantitative estimate of drug-likeness (QED) is 0.875. The van der Waals surface area contributed by atoms with Gasteiger partial charge in [-0.25, -0.2) is 0 Å². The number of nitrogens with two attached hydrogens (primary N) is 1. The molecule has 3 nitrogen and oxygen atoms in total. The van der Waals surface area contributed by atoms with Crippen molar-refractivity contribution in [2.75, 3.05) is 20.1 Å². The second kappa shape index (κ2) is 7.37. The van der Waals surface area contributed by atoms with Gasteiger partial charge in [-0.15, -0.1) is 0 Å². The van der Waals surface area contributed by atoms with E-state index in [9.17, 15) is 0 Å². The first-order valence-corrected chi connectivity index (χ1v) is 8.41. The van der Waals surface area contributed by atoms with Crippen LogP contribution in [0.1, 0.15) is 45.2 Å². The summed E-state index contributed by atoms with van der Waals surface area (Å²) >= 11 is 0. The molecule has 0 bridgehead atoms. The van der Waals surface area contributed by atoms with Crippen LogP contribution in [0.15, 0.2) is 24.4 Å². The van der Waals surface area contributed by atoms with Crippen LogP contribution in [0.2, 0.25) is 0 Å². The highest BCUT2D eigenvalue weighted by molar-refractivity contribution is 5.05. The Hall–Kier alpha value is -0.930. The second-order valence-electron chi connectivity index (χ2n) is 6.90. The zero-order valence-electron chi connectivity index (χ0n) is 13.9. The molecule has 2 N–H and O–H groups in total. The maximum atomic E-state index is 6.28. The summed E-state index contributed by atoms with van der Waals surface area (Å²) in [5, 5.41) is 0. The minimum Gasteiger partial charge on any atom is -0.329 e. The van der Waals surface area contributed by atoms with Crippen LogP contribution < -0.4 is 5.73 Å². The van der Waals surface area contributed by atoms with Crippen molar-refractivity contribution >= 4 is 0 Å². The minimum atomic E-state index is 0.182. The number of nitrogens with zero attached hydrogens (tertiary/aromatic N) is 2. The number of rotatable bonds is 6. The average Bonchev–Trinajstić information content (AvgIpc) is 2.53. The molecule has 1 heterocycles. The number of aromatic nitrogens is 1. The summed E-state index contributed by atoms with van der Waals surface area (Å²) in [6.07, 6.45) is 8.12. The third-order valence-corrected chi connectivity index (χ3v) is 5.41. The molecule has 1 saturated carbocycles. The number of hydrogen-bond donors (Lipinski definition) is 1. The van der Waals surface area contributed by atoms with Gasteiger partial charge in [-0.1, -0.05) is 32.8 Å². The SMILES string of the molecule is CC(C)C1CCCCC1(CN)N(C)CCc1ccccn1. The van der Waals surface area contributed by atoms with E-state index in [2.05, 4.69) is 42.9 Å². The Kier molecular flexibility index (Phi) is 5.77. The molecule has 1 aromatic heterocycles. The Bertz CT molecular complexity index is 418. The highest BCUT2D eigenvalue weighted by atomic mass is 15.2. The predicted octanol–water partition coefficient (Wildman–Crippen LogP) is 3.10. The van der Waals surface area contributed by atoms with Crippen molar-refractivity contribution in [1.82, 2.24) is 9.88 Å². The normalized spacial score (nSPS) is 26.5. The fourth-order valence-corrected chi connectivity index (χ4v) is 4.14. The van der Waals surface area contributed by atoms with Gasteiger partial charge in [0.25, 0.3) is 0 Å². The van der Waals surface area contributed by atoms with E-state index in [0.29, 0.717) is 11.8 Å². The summed E-state index contributed by atoms with van der Waals surface area (Å²) < 4.78 is 0. The molecule has 0 aliphatic heterocycles. The Labute approximate surface area is 129 Å². The van der Waals surface area contributed by atoms with Gasteiger partial charge in [-0.3, -0.25) is 9.88 Å². The van der Waals surface area contributed by atoms with Gasteiger partial charge >= 0.3 is 0 Å². The van der Waals surface area contributed by atoms with Crippen molar-refractivity contribution in [3.8, 4) is 0 Å². The smallest absolute Gasteiger partial charge is 0.0416 e. The molecule has 0 radical (unpaired) electrons. The Morgan fingerprint density at radius 3 is 2.81 bits per heavy atom. The second-order valence-corrected chi connectivity index (χ2v) is 6.90. The first-order chi connectivity index (χ1) is 10.1. The maximum Gasteiger partial charge on any atom is 0.0416 e. The van der Waals surface area contributed by atoms with Crippen LogP contribution in [0.25, 0.3) is 0 Å². The molecule has 1 aromatic rings. The molecule has 0 aromatic carbocycles. The predicted molar refractivity (Wildman–Crippen MR) is 89.2 cm³/mol. The molecule has 1 aliphatic carbocycles. The Morgan fingerprint density at radius 2 is 2.19 bits per heavy atom. The monoisotopic (exact) mass is 289 g/mol. The van der Waals surface area contributed by atoms with Crippen molar-refractivity contribution in [3.05, 3.63) is 30.1 Å². The lowest BCUT2D eigenvalue weighted by molar-refractivity contribution is 0.00393. The van der Waals surface area contributed by atoms with Gasteiger partial charge in [0.1, 0.15) is 0 Å². The first-order valence-electron chi connectivity index (χ1n) is 8.41. The van der Waals surface area contributed by atoms with E-state index >= 15 is 0 Å². The summed E-state index contributed by atoms with van der Waals surface area (Å²) in [6.45, 7) is 6.52. The average molecular weight is 289 g/mol. The zero-order chi connectivity index (χ0) is 15.3. The molecule has 2 rings (SSSR count). The van der Waals surface area contributed by atoms with Crippen molar-refractivity contribution < 1.29 is 0 Å². The lowest BCUT2D eigenvalue weighted by Crippen LogP contribution is -2.60. The van der Waals surface area contributed by atoms with Crippen molar-refractivity contribution in [2.45, 2.75) is 51.5 Å². The Morgan fingerprint density at radius 1 is 1.38 bits per heavy atom. The molecule has 21 heavy (non-hydrogen) atoms. The molecular formula is C18H31N3. The third kappa shape index (κ3) is 3.64. The van der Waals surface area contributed by atoms with Gasteiger partial charge in [0.05, 0.1) is 0 Å². The number of likely N-dealkylation sites (N-methyl/N-ethyl adjacent to an activating group) is 1. The zero-order valence-corrected chi connectivity index (χ0v) is 13.9. The molecule has 2 unspecified atom stereocenters. The van der Waals surface area contributed by atoms with Gasteiger partial charge in [-0.2, -0.15) is 0 Å². The van der Waals surface area contributed by atoms with Crippen molar-refractivity contribution in [2.24, 2.45) is 17.6 Å². The molecule has 0 amide bonds. The fraction of sp³-hybridized carbons (Fsp3) is 0.722. The molecule has 3 heteroatoms. The largest absolute Gasteiger partial charge is 0.329 e. The molecule has 2 atom stereocenters. The van der Waals surface area contributed by atoms with E-state index in [0.717, 1.165) is 19.5 Å². The van der Waals surface area contributed by atoms with Gasteiger partial charge in [0.15, 0.2) is 0 Å². The standard InChI is InChI=1S/C18H31N3/c1-15(2)17-9-4-6-11-18(17,14-19)21(3)13-10-16-8-5-7-12-20-16/h5,7-8,12,15,17H,4,6,9-11,13-14,19H2,1-3H3. The van der Waals surface area contributed by atoms with Gasteiger partial charge in [-0.05, 0) is 43.9 Å². The van der Waals surface area contributed by atoms with E-state index in [-0.39, 0.29) is 5.54 Å². The minimum absolute atomic E-state index is 0.182. The summed E-state index contributed by atoms with van der Waals surface area (Å²) in [5.41, 5.74) is 7.64. The van der Waals surface area contributed by atoms with Crippen LogP contribution >= 0.6 is 0 Å². The molecular weight excluding hydrogens is 258 g/mol. The fourth-order valence-electron chi connectivity index (χ4n) is 4.14. The van der Waals surface area contributed by atoms with Gasteiger partial charge in [0, 0.05) is 36.9 Å². The maximum absolute atomic E-state index is 6.28. The lowest BCUT2D eigenvalue weighted by Gasteiger charge is -2.51. The van der Waals surface area contributed by atoms with Crippen LogP contribution in [0.5, 0.6) is 0 Å². The summed E-state index contributed by atoms with van der Waals surface area (Å²) in [4.78, 5) is 6.97. The molecule has 1 aliphatic rings. The summed E-state index contributed by atoms with van der Waals surface area (Å²) in [7, 11) is 2.26. The van der Waals surface area contributed by atoms with Crippen molar-refractivity contribution in [3.63, 3.8) is 0 Å². The lowest BCUT2D eigenvalue weighted by atomic mass is 9.67.